The quantitative estimate of drug-likeness (QED) is 0.839. The van der Waals surface area contributed by atoms with Gasteiger partial charge in [0.2, 0.25) is 0 Å². The van der Waals surface area contributed by atoms with Gasteiger partial charge in [0, 0.05) is 17.7 Å². The van der Waals surface area contributed by atoms with E-state index in [0.717, 1.165) is 10.6 Å². The van der Waals surface area contributed by atoms with Gasteiger partial charge < -0.3 is 0 Å². The van der Waals surface area contributed by atoms with Crippen molar-refractivity contribution < 1.29 is 4.79 Å². The first kappa shape index (κ1) is 13.4. The molecular formula is C13H14N4OS. The van der Waals surface area contributed by atoms with Gasteiger partial charge in [-0.15, -0.1) is 16.4 Å². The highest BCUT2D eigenvalue weighted by atomic mass is 32.1. The number of carbonyl (C=O) groups excluding carboxylic acids is 1. The van der Waals surface area contributed by atoms with Crippen LogP contribution >= 0.6 is 11.3 Å². The number of rotatable bonds is 5. The lowest BCUT2D eigenvalue weighted by atomic mass is 10.2. The molecule has 19 heavy (non-hydrogen) atoms. The Bertz CT molecular complexity index is 635. The van der Waals surface area contributed by atoms with Crippen LogP contribution in [0.25, 0.3) is 10.6 Å². The minimum atomic E-state index is -0.00270. The first-order valence-electron chi connectivity index (χ1n) is 5.96. The topological polar surface area (TPSA) is 71.6 Å². The number of hydrogen-bond acceptors (Lipinski definition) is 5. The van der Waals surface area contributed by atoms with Crippen molar-refractivity contribution in [1.29, 1.82) is 5.26 Å². The summed E-state index contributed by atoms with van der Waals surface area (Å²) in [5.41, 5.74) is 1.97. The molecule has 98 valence electrons. The predicted molar refractivity (Wildman–Crippen MR) is 72.7 cm³/mol. The van der Waals surface area contributed by atoms with Crippen molar-refractivity contribution in [1.82, 2.24) is 15.0 Å². The third kappa shape index (κ3) is 3.26. The fourth-order valence-electron chi connectivity index (χ4n) is 1.83. The second kappa shape index (κ2) is 5.76. The van der Waals surface area contributed by atoms with E-state index < -0.39 is 0 Å². The van der Waals surface area contributed by atoms with Crippen LogP contribution in [-0.2, 0) is 11.3 Å². The van der Waals surface area contributed by atoms with Gasteiger partial charge in [-0.1, -0.05) is 5.21 Å². The summed E-state index contributed by atoms with van der Waals surface area (Å²) in [6.07, 6.45) is 2.30. The maximum absolute atomic E-state index is 11.6. The molecule has 0 N–H and O–H groups in total. The van der Waals surface area contributed by atoms with E-state index in [9.17, 15) is 4.79 Å². The van der Waals surface area contributed by atoms with Crippen LogP contribution in [0.1, 0.15) is 23.3 Å². The van der Waals surface area contributed by atoms with Crippen LogP contribution in [0.3, 0.4) is 0 Å². The fraction of sp³-hybridized carbons (Fsp3) is 0.385. The monoisotopic (exact) mass is 274 g/mol. The van der Waals surface area contributed by atoms with Crippen LogP contribution in [0.5, 0.6) is 0 Å². The van der Waals surface area contributed by atoms with E-state index in [1.165, 1.54) is 15.1 Å². The van der Waals surface area contributed by atoms with Crippen molar-refractivity contribution in [2.45, 2.75) is 33.2 Å². The number of hydrogen-bond donors (Lipinski definition) is 0. The van der Waals surface area contributed by atoms with Crippen LogP contribution in [0.15, 0.2) is 12.3 Å². The van der Waals surface area contributed by atoms with Crippen LogP contribution in [0.4, 0.5) is 0 Å². The average molecular weight is 274 g/mol. The van der Waals surface area contributed by atoms with Crippen molar-refractivity contribution in [3.05, 3.63) is 22.7 Å². The molecule has 2 rings (SSSR count). The summed E-state index contributed by atoms with van der Waals surface area (Å²) in [5, 5.41) is 16.5. The van der Waals surface area contributed by atoms with Crippen molar-refractivity contribution >= 4 is 17.1 Å². The van der Waals surface area contributed by atoms with Crippen LogP contribution in [0, 0.1) is 25.2 Å². The Hall–Kier alpha value is -2.00. The fourth-order valence-corrected chi connectivity index (χ4v) is 2.81. The van der Waals surface area contributed by atoms with E-state index >= 15 is 0 Å². The molecule has 0 aliphatic rings. The van der Waals surface area contributed by atoms with Gasteiger partial charge >= 0.3 is 0 Å². The summed E-state index contributed by atoms with van der Waals surface area (Å²) in [5.74, 6) is -0.00270. The molecule has 0 unspecified atom stereocenters. The largest absolute Gasteiger partial charge is 0.298 e. The predicted octanol–water partition coefficient (Wildman–Crippen LogP) is 2.50. The molecule has 0 amide bonds. The first-order valence-corrected chi connectivity index (χ1v) is 6.78. The van der Waals surface area contributed by atoms with Crippen LogP contribution in [-0.4, -0.2) is 20.8 Å². The van der Waals surface area contributed by atoms with E-state index in [1.807, 2.05) is 13.0 Å². The second-order valence-corrected chi connectivity index (χ2v) is 5.62. The van der Waals surface area contributed by atoms with E-state index in [2.05, 4.69) is 23.3 Å². The maximum Gasteiger partial charge on any atom is 0.155 e. The molecule has 0 radical (unpaired) electrons. The van der Waals surface area contributed by atoms with E-state index in [-0.39, 0.29) is 25.2 Å². The SMILES string of the molecule is Cc1cc(C)c(-c2cn(CC(=O)CCC#N)nn2)s1. The van der Waals surface area contributed by atoms with E-state index in [1.54, 1.807) is 17.5 Å². The van der Waals surface area contributed by atoms with Gasteiger partial charge in [0.05, 0.1) is 17.1 Å². The highest BCUT2D eigenvalue weighted by Crippen LogP contribution is 2.30. The average Bonchev–Trinajstić information content (AvgIpc) is 2.93. The Morgan fingerprint density at radius 1 is 1.53 bits per heavy atom. The van der Waals surface area contributed by atoms with Gasteiger partial charge in [-0.3, -0.25) is 4.79 Å². The molecule has 5 nitrogen and oxygen atoms in total. The maximum atomic E-state index is 11.6. The number of carbonyl (C=O) groups is 1. The summed E-state index contributed by atoms with van der Waals surface area (Å²) in [6, 6.07) is 4.07. The summed E-state index contributed by atoms with van der Waals surface area (Å²) in [6.45, 7) is 4.27. The lowest BCUT2D eigenvalue weighted by Gasteiger charge is -1.96. The van der Waals surface area contributed by atoms with Gasteiger partial charge in [0.25, 0.3) is 0 Å². The molecule has 0 aliphatic heterocycles. The number of Topliss-reactive ketones (excluding diaryl/α,β-unsaturated/α-hetero) is 1. The van der Waals surface area contributed by atoms with E-state index in [4.69, 9.17) is 5.26 Å². The minimum absolute atomic E-state index is 0.00270. The number of thiophene rings is 1. The molecule has 0 aromatic carbocycles. The number of aromatic nitrogens is 3. The number of aryl methyl sites for hydroxylation is 2. The summed E-state index contributed by atoms with van der Waals surface area (Å²) in [4.78, 5) is 13.9. The molecule has 0 saturated heterocycles. The molecule has 2 heterocycles. The van der Waals surface area contributed by atoms with Crippen molar-refractivity contribution in [3.8, 4) is 16.6 Å². The zero-order valence-electron chi connectivity index (χ0n) is 10.9. The third-order valence-corrected chi connectivity index (χ3v) is 3.84. The molecule has 6 heteroatoms. The first-order chi connectivity index (χ1) is 9.10. The highest BCUT2D eigenvalue weighted by Gasteiger charge is 2.11. The standard InChI is InChI=1S/C13H14N4OS/c1-9-6-10(2)19-13(9)12-8-17(16-15-12)7-11(18)4-3-5-14/h6,8H,3-4,7H2,1-2H3. The Balaban J connectivity index is 2.09. The molecule has 0 fully saturated rings. The Kier molecular flexibility index (Phi) is 4.07. The zero-order chi connectivity index (χ0) is 13.8. The summed E-state index contributed by atoms with van der Waals surface area (Å²) < 4.78 is 1.53. The van der Waals surface area contributed by atoms with Gasteiger partial charge in [-0.2, -0.15) is 5.26 Å². The number of ketones is 1. The Morgan fingerprint density at radius 2 is 2.32 bits per heavy atom. The van der Waals surface area contributed by atoms with Crippen molar-refractivity contribution in [3.63, 3.8) is 0 Å². The summed E-state index contributed by atoms with van der Waals surface area (Å²) in [7, 11) is 0. The second-order valence-electron chi connectivity index (χ2n) is 4.37. The smallest absolute Gasteiger partial charge is 0.155 e. The molecule has 0 bridgehead atoms. The van der Waals surface area contributed by atoms with E-state index in [0.29, 0.717) is 0 Å². The van der Waals surface area contributed by atoms with Gasteiger partial charge in [-0.05, 0) is 25.5 Å². The number of nitrogens with zero attached hydrogens (tertiary/aromatic N) is 4. The van der Waals surface area contributed by atoms with Gasteiger partial charge in [0.1, 0.15) is 12.2 Å². The van der Waals surface area contributed by atoms with Gasteiger partial charge in [-0.25, -0.2) is 4.68 Å². The van der Waals surface area contributed by atoms with Crippen LogP contribution in [0.2, 0.25) is 0 Å². The van der Waals surface area contributed by atoms with Gasteiger partial charge in [0.15, 0.2) is 5.78 Å². The molecule has 0 aliphatic carbocycles. The molecular weight excluding hydrogens is 260 g/mol. The third-order valence-electron chi connectivity index (χ3n) is 2.67. The lowest BCUT2D eigenvalue weighted by molar-refractivity contribution is -0.119. The lowest BCUT2D eigenvalue weighted by Crippen LogP contribution is -2.10. The zero-order valence-corrected chi connectivity index (χ0v) is 11.7. The normalized spacial score (nSPS) is 10.4. The molecule has 0 saturated carbocycles. The molecule has 2 aromatic rings. The Labute approximate surface area is 115 Å². The van der Waals surface area contributed by atoms with Crippen molar-refractivity contribution in [2.75, 3.05) is 0 Å². The van der Waals surface area contributed by atoms with Crippen molar-refractivity contribution in [2.24, 2.45) is 0 Å². The van der Waals surface area contributed by atoms with Crippen LogP contribution < -0.4 is 0 Å². The molecule has 0 atom stereocenters. The Morgan fingerprint density at radius 3 is 2.95 bits per heavy atom. The molecule has 0 spiro atoms. The molecule has 2 aromatic heterocycles. The number of nitriles is 1. The highest BCUT2D eigenvalue weighted by molar-refractivity contribution is 7.15. The summed E-state index contributed by atoms with van der Waals surface area (Å²) >= 11 is 1.67. The minimum Gasteiger partial charge on any atom is -0.298 e.